The first kappa shape index (κ1) is 17.6. The molecule has 7 heteroatoms. The van der Waals surface area contributed by atoms with Crippen LogP contribution in [-0.4, -0.2) is 19.7 Å². The molecule has 1 aliphatic carbocycles. The number of hydrogen-bond donors (Lipinski definition) is 2. The van der Waals surface area contributed by atoms with Crippen molar-refractivity contribution in [2.45, 2.75) is 37.5 Å². The Bertz CT molecular complexity index is 1130. The van der Waals surface area contributed by atoms with Crippen molar-refractivity contribution in [1.82, 2.24) is 4.83 Å². The lowest BCUT2D eigenvalue weighted by atomic mass is 9.94. The molecule has 0 saturated carbocycles. The summed E-state index contributed by atoms with van der Waals surface area (Å²) in [6, 6.07) is 9.77. The van der Waals surface area contributed by atoms with Crippen molar-refractivity contribution in [2.75, 3.05) is 0 Å². The number of phenolic OH excluding ortho intramolecular Hbond substituents is 1. The zero-order valence-corrected chi connectivity index (χ0v) is 15.7. The second-order valence-electron chi connectivity index (χ2n) is 6.75. The third-order valence-electron chi connectivity index (χ3n) is 4.83. The van der Waals surface area contributed by atoms with Crippen molar-refractivity contribution in [3.05, 3.63) is 58.8 Å². The van der Waals surface area contributed by atoms with Gasteiger partial charge in [-0.3, -0.25) is 0 Å². The van der Waals surface area contributed by atoms with Gasteiger partial charge in [0.1, 0.15) is 17.1 Å². The minimum Gasteiger partial charge on any atom is -0.507 e. The van der Waals surface area contributed by atoms with Crippen molar-refractivity contribution in [2.24, 2.45) is 5.10 Å². The molecule has 0 unspecified atom stereocenters. The summed E-state index contributed by atoms with van der Waals surface area (Å²) in [6.45, 7) is 1.89. The van der Waals surface area contributed by atoms with Crippen LogP contribution in [0.1, 0.15) is 35.3 Å². The Balaban J connectivity index is 1.68. The third-order valence-corrected chi connectivity index (χ3v) is 6.07. The highest BCUT2D eigenvalue weighted by molar-refractivity contribution is 7.89. The fourth-order valence-corrected chi connectivity index (χ4v) is 4.22. The maximum Gasteiger partial charge on any atom is 0.276 e. The van der Waals surface area contributed by atoms with Gasteiger partial charge in [0.05, 0.1) is 11.1 Å². The van der Waals surface area contributed by atoms with Gasteiger partial charge < -0.3 is 9.52 Å². The van der Waals surface area contributed by atoms with Gasteiger partial charge in [-0.05, 0) is 50.5 Å². The fourth-order valence-electron chi connectivity index (χ4n) is 3.43. The number of nitrogens with one attached hydrogen (secondary N) is 1. The molecule has 27 heavy (non-hydrogen) atoms. The van der Waals surface area contributed by atoms with Crippen LogP contribution in [0.2, 0.25) is 0 Å². The van der Waals surface area contributed by atoms with Gasteiger partial charge in [-0.25, -0.2) is 4.83 Å². The Morgan fingerprint density at radius 3 is 2.63 bits per heavy atom. The van der Waals surface area contributed by atoms with Gasteiger partial charge in [0.15, 0.2) is 0 Å². The first-order chi connectivity index (χ1) is 13.0. The number of fused-ring (bicyclic) bond motifs is 3. The topological polar surface area (TPSA) is 91.9 Å². The van der Waals surface area contributed by atoms with Crippen LogP contribution in [-0.2, 0) is 22.9 Å². The monoisotopic (exact) mass is 384 g/mol. The van der Waals surface area contributed by atoms with Crippen LogP contribution in [0, 0.1) is 6.92 Å². The van der Waals surface area contributed by atoms with Gasteiger partial charge in [0.25, 0.3) is 10.0 Å². The van der Waals surface area contributed by atoms with Gasteiger partial charge in [0, 0.05) is 22.9 Å². The summed E-state index contributed by atoms with van der Waals surface area (Å²) in [5.74, 6) is 0.978. The van der Waals surface area contributed by atoms with Gasteiger partial charge in [-0.2, -0.15) is 13.5 Å². The highest BCUT2D eigenvalue weighted by atomic mass is 32.2. The van der Waals surface area contributed by atoms with E-state index in [-0.39, 0.29) is 10.6 Å². The van der Waals surface area contributed by atoms with E-state index in [1.807, 2.05) is 6.92 Å². The molecule has 0 bridgehead atoms. The predicted octanol–water partition coefficient (Wildman–Crippen LogP) is 3.64. The number of benzene rings is 2. The number of aromatic hydroxyl groups is 1. The van der Waals surface area contributed by atoms with Crippen LogP contribution in [0.3, 0.4) is 0 Å². The average molecular weight is 384 g/mol. The summed E-state index contributed by atoms with van der Waals surface area (Å²) in [7, 11) is -3.77. The summed E-state index contributed by atoms with van der Waals surface area (Å²) in [4.78, 5) is 2.34. The molecule has 140 valence electrons. The zero-order valence-electron chi connectivity index (χ0n) is 14.9. The molecule has 2 N–H and O–H groups in total. The maximum atomic E-state index is 12.4. The molecule has 3 aromatic rings. The molecule has 1 aromatic heterocycles. The lowest BCUT2D eigenvalue weighted by molar-refractivity contribution is 0.474. The van der Waals surface area contributed by atoms with Gasteiger partial charge in [-0.15, -0.1) is 0 Å². The quantitative estimate of drug-likeness (QED) is 0.531. The Labute approximate surface area is 157 Å². The number of nitrogens with zero attached hydrogens (tertiary/aromatic N) is 1. The Kier molecular flexibility index (Phi) is 4.39. The normalized spacial score (nSPS) is 14.6. The number of furan rings is 1. The molecular formula is C20H20N2O4S. The van der Waals surface area contributed by atoms with Crippen molar-refractivity contribution in [3.8, 4) is 5.75 Å². The van der Waals surface area contributed by atoms with E-state index in [4.69, 9.17) is 4.42 Å². The standard InChI is InChI=1S/C20H20N2O4S/c1-13-6-8-14(9-7-13)27(24,25)22-21-12-16-17(23)10-11-19-20(16)15-4-2-3-5-18(15)26-19/h6-12,22-23H,2-5H2,1H3/b21-12+. The van der Waals surface area contributed by atoms with Gasteiger partial charge in [-0.1, -0.05) is 17.7 Å². The smallest absolute Gasteiger partial charge is 0.276 e. The number of phenols is 1. The molecule has 0 spiro atoms. The van der Waals surface area contributed by atoms with Gasteiger partial charge >= 0.3 is 0 Å². The number of rotatable bonds is 4. The SMILES string of the molecule is Cc1ccc(S(=O)(=O)N/N=C/c2c(O)ccc3oc4c(c23)CCCC4)cc1. The summed E-state index contributed by atoms with van der Waals surface area (Å²) in [5, 5.41) is 15.0. The molecule has 1 aliphatic rings. The average Bonchev–Trinajstić information content (AvgIpc) is 3.03. The molecule has 0 amide bonds. The van der Waals surface area contributed by atoms with Crippen molar-refractivity contribution >= 4 is 27.2 Å². The highest BCUT2D eigenvalue weighted by Gasteiger charge is 2.21. The lowest BCUT2D eigenvalue weighted by Gasteiger charge is -2.10. The van der Waals surface area contributed by atoms with Crippen molar-refractivity contribution in [3.63, 3.8) is 0 Å². The molecular weight excluding hydrogens is 364 g/mol. The van der Waals surface area contributed by atoms with E-state index in [1.54, 1.807) is 18.2 Å². The Hall–Kier alpha value is -2.80. The predicted molar refractivity (Wildman–Crippen MR) is 104 cm³/mol. The molecule has 6 nitrogen and oxygen atoms in total. The van der Waals surface area contributed by atoms with Crippen LogP contribution < -0.4 is 4.83 Å². The first-order valence-corrected chi connectivity index (χ1v) is 10.3. The molecule has 0 atom stereocenters. The first-order valence-electron chi connectivity index (χ1n) is 8.83. The van der Waals surface area contributed by atoms with E-state index in [1.165, 1.54) is 24.4 Å². The van der Waals surface area contributed by atoms with Crippen LogP contribution in [0.15, 0.2) is 50.8 Å². The van der Waals surface area contributed by atoms with E-state index in [0.717, 1.165) is 48.0 Å². The molecule has 0 aliphatic heterocycles. The summed E-state index contributed by atoms with van der Waals surface area (Å²) < 4.78 is 30.6. The second-order valence-corrected chi connectivity index (χ2v) is 8.41. The summed E-state index contributed by atoms with van der Waals surface area (Å²) in [5.41, 5.74) is 3.20. The number of hydrazone groups is 1. The zero-order chi connectivity index (χ0) is 19.0. The Morgan fingerprint density at radius 2 is 1.85 bits per heavy atom. The molecule has 4 rings (SSSR count). The van der Waals surface area contributed by atoms with E-state index < -0.39 is 10.0 Å². The van der Waals surface area contributed by atoms with E-state index >= 15 is 0 Å². The highest BCUT2D eigenvalue weighted by Crippen LogP contribution is 2.36. The van der Waals surface area contributed by atoms with Gasteiger partial charge in [0.2, 0.25) is 0 Å². The summed E-state index contributed by atoms with van der Waals surface area (Å²) >= 11 is 0. The number of sulfonamides is 1. The second kappa shape index (κ2) is 6.74. The van der Waals surface area contributed by atoms with Crippen LogP contribution >= 0.6 is 0 Å². The molecule has 0 saturated heterocycles. The largest absolute Gasteiger partial charge is 0.507 e. The number of aryl methyl sites for hydroxylation is 3. The lowest BCUT2D eigenvalue weighted by Crippen LogP contribution is -2.18. The summed E-state index contributed by atoms with van der Waals surface area (Å²) in [6.07, 6.45) is 5.24. The van der Waals surface area contributed by atoms with Crippen LogP contribution in [0.5, 0.6) is 5.75 Å². The maximum absolute atomic E-state index is 12.4. The van der Waals surface area contributed by atoms with E-state index in [0.29, 0.717) is 11.1 Å². The van der Waals surface area contributed by atoms with Crippen molar-refractivity contribution in [1.29, 1.82) is 0 Å². The Morgan fingerprint density at radius 1 is 1.11 bits per heavy atom. The fraction of sp³-hybridized carbons (Fsp3) is 0.250. The number of hydrogen-bond acceptors (Lipinski definition) is 5. The van der Waals surface area contributed by atoms with Crippen LogP contribution in [0.25, 0.3) is 11.0 Å². The van der Waals surface area contributed by atoms with Crippen LogP contribution in [0.4, 0.5) is 0 Å². The molecule has 1 heterocycles. The third kappa shape index (κ3) is 3.30. The minimum absolute atomic E-state index is 0.0370. The van der Waals surface area contributed by atoms with E-state index in [2.05, 4.69) is 9.93 Å². The van der Waals surface area contributed by atoms with E-state index in [9.17, 15) is 13.5 Å². The molecule has 0 fully saturated rings. The van der Waals surface area contributed by atoms with Crippen molar-refractivity contribution < 1.29 is 17.9 Å². The molecule has 0 radical (unpaired) electrons. The minimum atomic E-state index is -3.77. The molecule has 2 aromatic carbocycles.